The maximum absolute atomic E-state index is 12.0. The highest BCUT2D eigenvalue weighted by molar-refractivity contribution is 6.33. The molecule has 0 radical (unpaired) electrons. The van der Waals surface area contributed by atoms with E-state index in [1.165, 1.54) is 13.2 Å². The van der Waals surface area contributed by atoms with Gasteiger partial charge >= 0.3 is 11.9 Å². The van der Waals surface area contributed by atoms with Gasteiger partial charge in [-0.2, -0.15) is 0 Å². The zero-order valence-corrected chi connectivity index (χ0v) is 13.0. The lowest BCUT2D eigenvalue weighted by Gasteiger charge is -2.10. The van der Waals surface area contributed by atoms with Crippen LogP contribution in [0.1, 0.15) is 27.6 Å². The van der Waals surface area contributed by atoms with Gasteiger partial charge < -0.3 is 9.47 Å². The Balaban J connectivity index is 2.58. The summed E-state index contributed by atoms with van der Waals surface area (Å²) in [5, 5.41) is 0.527. The third-order valence-corrected chi connectivity index (χ3v) is 3.38. The number of hydrogen-bond donors (Lipinski definition) is 0. The van der Waals surface area contributed by atoms with Gasteiger partial charge in [0, 0.05) is 10.6 Å². The molecule has 4 nitrogen and oxygen atoms in total. The number of carbonyl (C=O) groups excluding carboxylic acids is 2. The maximum atomic E-state index is 12.0. The highest BCUT2D eigenvalue weighted by Gasteiger charge is 2.15. The van der Waals surface area contributed by atoms with Crippen LogP contribution in [0.4, 0.5) is 0 Å². The van der Waals surface area contributed by atoms with Gasteiger partial charge in [0.05, 0.1) is 24.8 Å². The number of carbonyl (C=O) groups is 2. The molecule has 2 aromatic carbocycles. The minimum atomic E-state index is -0.528. The fraction of sp³-hybridized carbons (Fsp3) is 0.176. The Morgan fingerprint density at radius 1 is 1.05 bits per heavy atom. The molecular formula is C17H15ClO4. The third kappa shape index (κ3) is 3.46. The van der Waals surface area contributed by atoms with Crippen molar-refractivity contribution < 1.29 is 19.1 Å². The standard InChI is InChI=1S/C17H15ClO4/c1-3-22-17(20)13-9-11(8-12(10-13)16(19)21-2)14-6-4-5-7-15(14)18/h4-10H,3H2,1-2H3. The number of hydrogen-bond acceptors (Lipinski definition) is 4. The highest BCUT2D eigenvalue weighted by Crippen LogP contribution is 2.29. The topological polar surface area (TPSA) is 52.6 Å². The summed E-state index contributed by atoms with van der Waals surface area (Å²) in [5.74, 6) is -1.03. The lowest BCUT2D eigenvalue weighted by Crippen LogP contribution is -2.08. The van der Waals surface area contributed by atoms with E-state index in [0.717, 1.165) is 5.56 Å². The van der Waals surface area contributed by atoms with Crippen LogP contribution < -0.4 is 0 Å². The number of ether oxygens (including phenoxy) is 2. The molecule has 0 unspecified atom stereocenters. The van der Waals surface area contributed by atoms with E-state index in [1.54, 1.807) is 25.1 Å². The molecule has 0 aromatic heterocycles. The van der Waals surface area contributed by atoms with E-state index in [0.29, 0.717) is 10.6 Å². The highest BCUT2D eigenvalue weighted by atomic mass is 35.5. The molecule has 0 saturated carbocycles. The number of methoxy groups -OCH3 is 1. The summed E-state index contributed by atoms with van der Waals surface area (Å²) in [4.78, 5) is 23.8. The molecule has 0 fully saturated rings. The van der Waals surface area contributed by atoms with Crippen molar-refractivity contribution in [2.75, 3.05) is 13.7 Å². The van der Waals surface area contributed by atoms with E-state index < -0.39 is 11.9 Å². The summed E-state index contributed by atoms with van der Waals surface area (Å²) in [6.45, 7) is 1.97. The van der Waals surface area contributed by atoms with Crippen LogP contribution >= 0.6 is 11.6 Å². The first-order chi connectivity index (χ1) is 10.6. The Morgan fingerprint density at radius 2 is 1.68 bits per heavy atom. The molecule has 0 atom stereocenters. The van der Waals surface area contributed by atoms with Gasteiger partial charge in [0.2, 0.25) is 0 Å². The summed E-state index contributed by atoms with van der Waals surface area (Å²) in [7, 11) is 1.29. The molecule has 0 aliphatic rings. The second-order valence-electron chi connectivity index (χ2n) is 4.49. The lowest BCUT2D eigenvalue weighted by molar-refractivity contribution is 0.0526. The van der Waals surface area contributed by atoms with Gasteiger partial charge in [-0.05, 0) is 36.8 Å². The molecule has 0 spiro atoms. The van der Waals surface area contributed by atoms with Crippen LogP contribution in [-0.4, -0.2) is 25.7 Å². The minimum Gasteiger partial charge on any atom is -0.465 e. The van der Waals surface area contributed by atoms with Crippen LogP contribution in [-0.2, 0) is 9.47 Å². The number of benzene rings is 2. The van der Waals surface area contributed by atoms with Crippen molar-refractivity contribution >= 4 is 23.5 Å². The molecule has 114 valence electrons. The van der Waals surface area contributed by atoms with Crippen molar-refractivity contribution in [3.63, 3.8) is 0 Å². The van der Waals surface area contributed by atoms with E-state index in [9.17, 15) is 9.59 Å². The summed E-state index contributed by atoms with van der Waals surface area (Å²) in [6.07, 6.45) is 0. The smallest absolute Gasteiger partial charge is 0.338 e. The van der Waals surface area contributed by atoms with Gasteiger partial charge in [0.1, 0.15) is 0 Å². The molecule has 5 heteroatoms. The van der Waals surface area contributed by atoms with Gasteiger partial charge in [-0.15, -0.1) is 0 Å². The molecular weight excluding hydrogens is 304 g/mol. The Kier molecular flexibility index (Phi) is 5.17. The molecule has 2 rings (SSSR count). The molecule has 0 aliphatic carbocycles. The molecule has 0 bridgehead atoms. The zero-order valence-electron chi connectivity index (χ0n) is 12.3. The van der Waals surface area contributed by atoms with E-state index in [4.69, 9.17) is 21.1 Å². The molecule has 2 aromatic rings. The monoisotopic (exact) mass is 318 g/mol. The summed E-state index contributed by atoms with van der Waals surface area (Å²) < 4.78 is 9.72. The third-order valence-electron chi connectivity index (χ3n) is 3.05. The molecule has 0 aliphatic heterocycles. The number of esters is 2. The molecule has 0 N–H and O–H groups in total. The number of halogens is 1. The van der Waals surface area contributed by atoms with Crippen molar-refractivity contribution in [2.45, 2.75) is 6.92 Å². The van der Waals surface area contributed by atoms with Crippen LogP contribution in [0.15, 0.2) is 42.5 Å². The average Bonchev–Trinajstić information content (AvgIpc) is 2.54. The summed E-state index contributed by atoms with van der Waals surface area (Å²) in [6, 6.07) is 11.9. The van der Waals surface area contributed by atoms with Gasteiger partial charge in [0.15, 0.2) is 0 Å². The predicted octanol–water partition coefficient (Wildman–Crippen LogP) is 3.97. The largest absolute Gasteiger partial charge is 0.465 e. The molecule has 0 saturated heterocycles. The average molecular weight is 319 g/mol. The predicted molar refractivity (Wildman–Crippen MR) is 84.2 cm³/mol. The second-order valence-corrected chi connectivity index (χ2v) is 4.90. The summed E-state index contributed by atoms with van der Waals surface area (Å²) in [5.41, 5.74) is 1.92. The first kappa shape index (κ1) is 16.0. The van der Waals surface area contributed by atoms with Crippen molar-refractivity contribution in [2.24, 2.45) is 0 Å². The first-order valence-electron chi connectivity index (χ1n) is 6.72. The Morgan fingerprint density at radius 3 is 2.27 bits per heavy atom. The second kappa shape index (κ2) is 7.09. The Labute approximate surface area is 133 Å². The van der Waals surface area contributed by atoms with Gasteiger partial charge in [-0.1, -0.05) is 29.8 Å². The minimum absolute atomic E-state index is 0.253. The van der Waals surface area contributed by atoms with Crippen LogP contribution in [0, 0.1) is 0 Å². The summed E-state index contributed by atoms with van der Waals surface area (Å²) >= 11 is 6.19. The van der Waals surface area contributed by atoms with E-state index >= 15 is 0 Å². The van der Waals surface area contributed by atoms with E-state index in [2.05, 4.69) is 0 Å². The van der Waals surface area contributed by atoms with Crippen molar-refractivity contribution in [3.8, 4) is 11.1 Å². The van der Waals surface area contributed by atoms with E-state index in [1.807, 2.05) is 18.2 Å². The Bertz CT molecular complexity index is 710. The zero-order chi connectivity index (χ0) is 16.1. The van der Waals surface area contributed by atoms with Gasteiger partial charge in [-0.3, -0.25) is 0 Å². The van der Waals surface area contributed by atoms with Crippen LogP contribution in [0.25, 0.3) is 11.1 Å². The van der Waals surface area contributed by atoms with Crippen LogP contribution in [0.5, 0.6) is 0 Å². The quantitative estimate of drug-likeness (QED) is 0.800. The van der Waals surface area contributed by atoms with Crippen molar-refractivity contribution in [1.29, 1.82) is 0 Å². The van der Waals surface area contributed by atoms with Crippen molar-refractivity contribution in [1.82, 2.24) is 0 Å². The molecule has 0 amide bonds. The fourth-order valence-corrected chi connectivity index (χ4v) is 2.29. The van der Waals surface area contributed by atoms with Crippen molar-refractivity contribution in [3.05, 3.63) is 58.6 Å². The van der Waals surface area contributed by atoms with E-state index in [-0.39, 0.29) is 17.7 Å². The first-order valence-corrected chi connectivity index (χ1v) is 7.10. The van der Waals surface area contributed by atoms with Gasteiger partial charge in [0.25, 0.3) is 0 Å². The Hall–Kier alpha value is -2.33. The fourth-order valence-electron chi connectivity index (χ4n) is 2.05. The SMILES string of the molecule is CCOC(=O)c1cc(C(=O)OC)cc(-c2ccccc2Cl)c1. The number of rotatable bonds is 4. The normalized spacial score (nSPS) is 10.1. The molecule has 22 heavy (non-hydrogen) atoms. The maximum Gasteiger partial charge on any atom is 0.338 e. The van der Waals surface area contributed by atoms with Crippen LogP contribution in [0.3, 0.4) is 0 Å². The van der Waals surface area contributed by atoms with Gasteiger partial charge in [-0.25, -0.2) is 9.59 Å². The van der Waals surface area contributed by atoms with Crippen LogP contribution in [0.2, 0.25) is 5.02 Å². The lowest BCUT2D eigenvalue weighted by atomic mass is 9.99. The molecule has 0 heterocycles.